The van der Waals surface area contributed by atoms with Crippen molar-refractivity contribution < 1.29 is 14.4 Å². The molecule has 1 aromatic carbocycles. The van der Waals surface area contributed by atoms with Crippen LogP contribution in [0.4, 0.5) is 4.79 Å². The van der Waals surface area contributed by atoms with E-state index in [2.05, 4.69) is 51.4 Å². The Balaban J connectivity index is 1.57. The normalized spacial score (nSPS) is 18.2. The zero-order valence-electron chi connectivity index (χ0n) is 16.9. The first-order valence-corrected chi connectivity index (χ1v) is 11.7. The quantitative estimate of drug-likeness (QED) is 0.432. The largest absolute Gasteiger partial charge is 0.341 e. The van der Waals surface area contributed by atoms with Crippen LogP contribution in [0.15, 0.2) is 35.2 Å². The Hall–Kier alpha value is -2.07. The molecule has 0 saturated carbocycles. The Morgan fingerprint density at radius 3 is 2.47 bits per heavy atom. The second kappa shape index (κ2) is 8.58. The molecule has 3 amide bonds. The van der Waals surface area contributed by atoms with Gasteiger partial charge >= 0.3 is 0 Å². The second-order valence-corrected chi connectivity index (χ2v) is 9.73. The van der Waals surface area contributed by atoms with Crippen LogP contribution in [0, 0.1) is 17.4 Å². The lowest BCUT2D eigenvalue weighted by atomic mass is 10.2. The molecule has 0 spiro atoms. The van der Waals surface area contributed by atoms with Gasteiger partial charge in [0.05, 0.1) is 4.91 Å². The van der Waals surface area contributed by atoms with E-state index in [0.29, 0.717) is 18.0 Å². The molecular formula is C22H22IN3O3S. The first-order chi connectivity index (χ1) is 14.3. The first-order valence-electron chi connectivity index (χ1n) is 9.83. The highest BCUT2D eigenvalue weighted by Crippen LogP contribution is 2.34. The zero-order valence-corrected chi connectivity index (χ0v) is 19.8. The van der Waals surface area contributed by atoms with Crippen LogP contribution in [-0.4, -0.2) is 51.1 Å². The van der Waals surface area contributed by atoms with Gasteiger partial charge in [0, 0.05) is 33.7 Å². The molecule has 0 radical (unpaired) electrons. The molecule has 0 unspecified atom stereocenters. The van der Waals surface area contributed by atoms with Crippen LogP contribution in [0.25, 0.3) is 11.8 Å². The average Bonchev–Trinajstić information content (AvgIpc) is 3.40. The number of hydrogen-bond donors (Lipinski definition) is 0. The molecule has 1 aromatic heterocycles. The van der Waals surface area contributed by atoms with Crippen LogP contribution in [0.2, 0.25) is 0 Å². The number of rotatable bonds is 4. The number of carbonyl (C=O) groups is 3. The van der Waals surface area contributed by atoms with Crippen molar-refractivity contribution in [3.8, 4) is 5.69 Å². The number of thioether (sulfide) groups is 1. The lowest BCUT2D eigenvalue weighted by Crippen LogP contribution is -2.40. The number of nitrogens with zero attached hydrogens (tertiary/aromatic N) is 3. The molecule has 2 aliphatic rings. The predicted molar refractivity (Wildman–Crippen MR) is 126 cm³/mol. The monoisotopic (exact) mass is 535 g/mol. The molecule has 30 heavy (non-hydrogen) atoms. The smallest absolute Gasteiger partial charge is 0.294 e. The standard InChI is InChI=1S/C22H22IN3O3S/c1-14-11-16(15(2)26(14)18-7-5-17(23)6-8-18)12-19-21(28)25(22(29)30-19)13-20(27)24-9-3-4-10-24/h5-8,11-12H,3-4,9-10,13H2,1-2H3/b19-12-. The van der Waals surface area contributed by atoms with Gasteiger partial charge in [-0.25, -0.2) is 0 Å². The van der Waals surface area contributed by atoms with E-state index in [-0.39, 0.29) is 17.7 Å². The van der Waals surface area contributed by atoms with Crippen LogP contribution in [0.3, 0.4) is 0 Å². The van der Waals surface area contributed by atoms with Gasteiger partial charge in [0.1, 0.15) is 6.54 Å². The predicted octanol–water partition coefficient (Wildman–Crippen LogP) is 4.36. The van der Waals surface area contributed by atoms with Crippen molar-refractivity contribution in [2.24, 2.45) is 0 Å². The maximum atomic E-state index is 12.8. The van der Waals surface area contributed by atoms with Crippen molar-refractivity contribution >= 4 is 57.5 Å². The molecular weight excluding hydrogens is 513 g/mol. The minimum atomic E-state index is -0.392. The number of aryl methyl sites for hydroxylation is 1. The van der Waals surface area contributed by atoms with Crippen LogP contribution >= 0.6 is 34.4 Å². The van der Waals surface area contributed by atoms with E-state index in [9.17, 15) is 14.4 Å². The number of halogens is 1. The molecule has 156 valence electrons. The van der Waals surface area contributed by atoms with E-state index in [1.54, 1.807) is 11.0 Å². The van der Waals surface area contributed by atoms with Gasteiger partial charge in [-0.1, -0.05) is 0 Å². The molecule has 2 aromatic rings. The van der Waals surface area contributed by atoms with Crippen LogP contribution in [-0.2, 0) is 9.59 Å². The molecule has 0 N–H and O–H groups in total. The Kier molecular flexibility index (Phi) is 6.06. The Labute approximate surface area is 193 Å². The summed E-state index contributed by atoms with van der Waals surface area (Å²) in [4.78, 5) is 40.8. The number of imide groups is 1. The van der Waals surface area contributed by atoms with E-state index in [0.717, 1.165) is 55.7 Å². The molecule has 0 bridgehead atoms. The summed E-state index contributed by atoms with van der Waals surface area (Å²) >= 11 is 3.18. The summed E-state index contributed by atoms with van der Waals surface area (Å²) in [7, 11) is 0. The molecule has 6 nitrogen and oxygen atoms in total. The van der Waals surface area contributed by atoms with Gasteiger partial charge in [-0.15, -0.1) is 0 Å². The lowest BCUT2D eigenvalue weighted by Gasteiger charge is -2.18. The lowest BCUT2D eigenvalue weighted by molar-refractivity contribution is -0.135. The number of aromatic nitrogens is 1. The van der Waals surface area contributed by atoms with Gasteiger partial charge < -0.3 is 9.47 Å². The maximum absolute atomic E-state index is 12.8. The highest BCUT2D eigenvalue weighted by Gasteiger charge is 2.37. The van der Waals surface area contributed by atoms with Gasteiger partial charge in [-0.2, -0.15) is 0 Å². The summed E-state index contributed by atoms with van der Waals surface area (Å²) in [6.07, 6.45) is 3.71. The third-order valence-electron chi connectivity index (χ3n) is 5.47. The van der Waals surface area contributed by atoms with Gasteiger partial charge in [-0.05, 0) is 103 Å². The number of benzene rings is 1. The minimum absolute atomic E-state index is 0.159. The Morgan fingerprint density at radius 2 is 1.80 bits per heavy atom. The number of carbonyl (C=O) groups excluding carboxylic acids is 3. The van der Waals surface area contributed by atoms with Gasteiger partial charge in [0.25, 0.3) is 11.1 Å². The van der Waals surface area contributed by atoms with E-state index in [1.165, 1.54) is 0 Å². The molecule has 8 heteroatoms. The fourth-order valence-corrected chi connectivity index (χ4v) is 5.09. The molecule has 2 fully saturated rings. The van der Waals surface area contributed by atoms with E-state index in [1.807, 2.05) is 19.9 Å². The van der Waals surface area contributed by atoms with Crippen molar-refractivity contribution in [1.29, 1.82) is 0 Å². The Bertz CT molecular complexity index is 1050. The van der Waals surface area contributed by atoms with Crippen LogP contribution in [0.1, 0.15) is 29.8 Å². The average molecular weight is 535 g/mol. The minimum Gasteiger partial charge on any atom is -0.341 e. The number of amides is 3. The zero-order chi connectivity index (χ0) is 21.4. The van der Waals surface area contributed by atoms with Gasteiger partial charge in [0.15, 0.2) is 0 Å². The third kappa shape index (κ3) is 4.07. The molecule has 2 saturated heterocycles. The van der Waals surface area contributed by atoms with Crippen molar-refractivity contribution in [3.05, 3.63) is 55.8 Å². The highest BCUT2D eigenvalue weighted by molar-refractivity contribution is 14.1. The Morgan fingerprint density at radius 1 is 1.13 bits per heavy atom. The maximum Gasteiger partial charge on any atom is 0.294 e. The summed E-state index contributed by atoms with van der Waals surface area (Å²) in [5, 5.41) is -0.384. The summed E-state index contributed by atoms with van der Waals surface area (Å²) in [5.41, 5.74) is 3.98. The van der Waals surface area contributed by atoms with E-state index in [4.69, 9.17) is 0 Å². The summed E-state index contributed by atoms with van der Waals surface area (Å²) in [5.74, 6) is -0.551. The molecule has 4 rings (SSSR count). The number of hydrogen-bond acceptors (Lipinski definition) is 4. The summed E-state index contributed by atoms with van der Waals surface area (Å²) in [6.45, 7) is 5.25. The van der Waals surface area contributed by atoms with Crippen LogP contribution < -0.4 is 0 Å². The fourth-order valence-electron chi connectivity index (χ4n) is 3.90. The highest BCUT2D eigenvalue weighted by atomic mass is 127. The van der Waals surface area contributed by atoms with Crippen molar-refractivity contribution in [1.82, 2.24) is 14.4 Å². The molecule has 0 atom stereocenters. The van der Waals surface area contributed by atoms with Crippen molar-refractivity contribution in [2.45, 2.75) is 26.7 Å². The van der Waals surface area contributed by atoms with E-state index >= 15 is 0 Å². The van der Waals surface area contributed by atoms with Crippen molar-refractivity contribution in [3.63, 3.8) is 0 Å². The molecule has 3 heterocycles. The summed E-state index contributed by atoms with van der Waals surface area (Å²) < 4.78 is 3.29. The van der Waals surface area contributed by atoms with Crippen molar-refractivity contribution in [2.75, 3.05) is 19.6 Å². The topological polar surface area (TPSA) is 62.6 Å². The third-order valence-corrected chi connectivity index (χ3v) is 7.09. The molecule has 2 aliphatic heterocycles. The summed E-state index contributed by atoms with van der Waals surface area (Å²) in [6, 6.07) is 10.2. The van der Waals surface area contributed by atoms with E-state index < -0.39 is 5.91 Å². The fraction of sp³-hybridized carbons (Fsp3) is 0.318. The first kappa shape index (κ1) is 21.2. The number of likely N-dealkylation sites (tertiary alicyclic amines) is 1. The SMILES string of the molecule is Cc1cc(/C=C2\SC(=O)N(CC(=O)N3CCCC3)C2=O)c(C)n1-c1ccc(I)cc1. The molecule has 0 aliphatic carbocycles. The van der Waals surface area contributed by atoms with Gasteiger partial charge in [-0.3, -0.25) is 19.3 Å². The van der Waals surface area contributed by atoms with Gasteiger partial charge in [0.2, 0.25) is 5.91 Å². The van der Waals surface area contributed by atoms with Crippen LogP contribution in [0.5, 0.6) is 0 Å². The second-order valence-electron chi connectivity index (χ2n) is 7.49.